The lowest BCUT2D eigenvalue weighted by Gasteiger charge is -2.40. The highest BCUT2D eigenvalue weighted by molar-refractivity contribution is 6.74. The Bertz CT molecular complexity index is 1640. The summed E-state index contributed by atoms with van der Waals surface area (Å²) in [4.78, 5) is 27.3. The van der Waals surface area contributed by atoms with E-state index in [0.717, 1.165) is 22.4 Å². The van der Waals surface area contributed by atoms with Crippen molar-refractivity contribution in [2.24, 2.45) is 5.92 Å². The summed E-state index contributed by atoms with van der Waals surface area (Å²) in [7, 11) is -0.640. The van der Waals surface area contributed by atoms with Crippen molar-refractivity contribution in [2.45, 2.75) is 69.9 Å². The molecule has 9 heteroatoms. The molecular weight excluding hydrogens is 584 g/mol. The van der Waals surface area contributed by atoms with Crippen molar-refractivity contribution in [3.8, 4) is 5.75 Å². The third-order valence-corrected chi connectivity index (χ3v) is 13.9. The summed E-state index contributed by atoms with van der Waals surface area (Å²) < 4.78 is 27.7. The third kappa shape index (κ3) is 6.49. The largest absolute Gasteiger partial charge is 0.497 e. The first-order valence-electron chi connectivity index (χ1n) is 15.4. The van der Waals surface area contributed by atoms with E-state index in [2.05, 4.69) is 70.0 Å². The van der Waals surface area contributed by atoms with Crippen molar-refractivity contribution in [3.63, 3.8) is 0 Å². The quantitative estimate of drug-likeness (QED) is 0.160. The average Bonchev–Trinajstić information content (AvgIpc) is 3.32. The van der Waals surface area contributed by atoms with E-state index in [0.29, 0.717) is 0 Å². The van der Waals surface area contributed by atoms with Crippen LogP contribution < -0.4 is 16.0 Å². The minimum atomic E-state index is -2.29. The normalized spacial score (nSPS) is 20.7. The van der Waals surface area contributed by atoms with E-state index in [4.69, 9.17) is 18.6 Å². The highest BCUT2D eigenvalue weighted by Crippen LogP contribution is 2.45. The van der Waals surface area contributed by atoms with Crippen molar-refractivity contribution in [1.82, 2.24) is 9.55 Å². The van der Waals surface area contributed by atoms with Crippen molar-refractivity contribution in [3.05, 3.63) is 135 Å². The van der Waals surface area contributed by atoms with Gasteiger partial charge in [0, 0.05) is 18.2 Å². The summed E-state index contributed by atoms with van der Waals surface area (Å²) in [6.45, 7) is 13.2. The van der Waals surface area contributed by atoms with Crippen LogP contribution >= 0.6 is 0 Å². The fourth-order valence-electron chi connectivity index (χ4n) is 5.71. The minimum absolute atomic E-state index is 0.0635. The summed E-state index contributed by atoms with van der Waals surface area (Å²) >= 11 is 0. The summed E-state index contributed by atoms with van der Waals surface area (Å²) in [6.07, 6.45) is -0.115. The number of methoxy groups -OCH3 is 1. The van der Waals surface area contributed by atoms with Gasteiger partial charge in [-0.1, -0.05) is 100 Å². The van der Waals surface area contributed by atoms with E-state index in [9.17, 15) is 9.59 Å². The lowest BCUT2D eigenvalue weighted by atomic mass is 9.80. The molecule has 8 nitrogen and oxygen atoms in total. The van der Waals surface area contributed by atoms with E-state index in [-0.39, 0.29) is 17.6 Å². The van der Waals surface area contributed by atoms with Crippen molar-refractivity contribution in [1.29, 1.82) is 0 Å². The Morgan fingerprint density at radius 2 is 1.40 bits per heavy atom. The Kier molecular flexibility index (Phi) is 9.37. The fourth-order valence-corrected chi connectivity index (χ4v) is 7.07. The SMILES string of the molecule is COc1ccc(C(OC[C@H]2O[C@@H](n3ccc(=O)[nH]c3=O)[C@H](O[Si](C)(C)C(C)(C)C)[C@@H]2C)(c2ccccc2)c2ccccc2)cc1. The molecule has 1 aliphatic rings. The van der Waals surface area contributed by atoms with E-state index in [1.807, 2.05) is 60.7 Å². The van der Waals surface area contributed by atoms with Crippen LogP contribution in [-0.2, 0) is 19.5 Å². The molecule has 4 aromatic rings. The zero-order chi connectivity index (χ0) is 32.4. The van der Waals surface area contributed by atoms with Gasteiger partial charge in [0.2, 0.25) is 0 Å². The molecule has 1 fully saturated rings. The van der Waals surface area contributed by atoms with Crippen LogP contribution in [0.5, 0.6) is 5.75 Å². The van der Waals surface area contributed by atoms with Crippen LogP contribution in [0.2, 0.25) is 18.1 Å². The van der Waals surface area contributed by atoms with Crippen molar-refractivity contribution < 1.29 is 18.6 Å². The number of H-pyrrole nitrogens is 1. The van der Waals surface area contributed by atoms with Crippen LogP contribution in [0.1, 0.15) is 50.6 Å². The van der Waals surface area contributed by atoms with Gasteiger partial charge in [-0.25, -0.2) is 4.79 Å². The van der Waals surface area contributed by atoms with Crippen molar-refractivity contribution >= 4 is 8.32 Å². The number of benzene rings is 3. The smallest absolute Gasteiger partial charge is 0.330 e. The molecule has 1 saturated heterocycles. The molecule has 1 N–H and O–H groups in total. The Hall–Kier alpha value is -3.76. The maximum absolute atomic E-state index is 13.0. The van der Waals surface area contributed by atoms with Gasteiger partial charge in [-0.3, -0.25) is 14.3 Å². The molecule has 4 atom stereocenters. The van der Waals surface area contributed by atoms with E-state index in [1.165, 1.54) is 16.8 Å². The molecule has 3 aromatic carbocycles. The second kappa shape index (κ2) is 12.9. The van der Waals surface area contributed by atoms with Gasteiger partial charge in [0.25, 0.3) is 5.56 Å². The van der Waals surface area contributed by atoms with Gasteiger partial charge in [-0.05, 0) is 47.0 Å². The molecule has 0 aliphatic carbocycles. The van der Waals surface area contributed by atoms with Gasteiger partial charge in [-0.2, -0.15) is 0 Å². The Balaban J connectivity index is 1.57. The number of nitrogens with one attached hydrogen (secondary N) is 1. The summed E-state index contributed by atoms with van der Waals surface area (Å²) in [5.41, 5.74) is 0.906. The number of aromatic nitrogens is 2. The number of aromatic amines is 1. The maximum atomic E-state index is 13.0. The minimum Gasteiger partial charge on any atom is -0.497 e. The second-order valence-corrected chi connectivity index (χ2v) is 18.0. The van der Waals surface area contributed by atoms with Gasteiger partial charge in [0.1, 0.15) is 11.4 Å². The molecule has 0 radical (unpaired) electrons. The molecule has 238 valence electrons. The van der Waals surface area contributed by atoms with Crippen molar-refractivity contribution in [2.75, 3.05) is 13.7 Å². The second-order valence-electron chi connectivity index (χ2n) is 13.2. The van der Waals surface area contributed by atoms with Crippen LogP contribution in [0.15, 0.2) is 107 Å². The van der Waals surface area contributed by atoms with E-state index in [1.54, 1.807) is 7.11 Å². The van der Waals surface area contributed by atoms with Crippen LogP contribution in [0.25, 0.3) is 0 Å². The lowest BCUT2D eigenvalue weighted by molar-refractivity contribution is -0.0892. The Morgan fingerprint density at radius 1 is 0.844 bits per heavy atom. The number of hydrogen-bond acceptors (Lipinski definition) is 6. The van der Waals surface area contributed by atoms with E-state index < -0.39 is 43.6 Å². The van der Waals surface area contributed by atoms with Crippen LogP contribution in [0, 0.1) is 5.92 Å². The fraction of sp³-hybridized carbons (Fsp3) is 0.389. The summed E-state index contributed by atoms with van der Waals surface area (Å²) in [5.74, 6) is 0.615. The van der Waals surface area contributed by atoms with E-state index >= 15 is 0 Å². The molecule has 2 heterocycles. The first-order valence-corrected chi connectivity index (χ1v) is 18.3. The highest BCUT2D eigenvalue weighted by Gasteiger charge is 2.50. The topological polar surface area (TPSA) is 91.8 Å². The Labute approximate surface area is 266 Å². The van der Waals surface area contributed by atoms with Gasteiger partial charge in [-0.15, -0.1) is 0 Å². The maximum Gasteiger partial charge on any atom is 0.330 e. The molecular formula is C36H44N2O6Si. The summed E-state index contributed by atoms with van der Waals surface area (Å²) in [5, 5.41) is -0.0635. The predicted molar refractivity (Wildman–Crippen MR) is 178 cm³/mol. The molecule has 0 spiro atoms. The predicted octanol–water partition coefficient (Wildman–Crippen LogP) is 6.48. The van der Waals surface area contributed by atoms with Gasteiger partial charge in [0.05, 0.1) is 25.9 Å². The lowest BCUT2D eigenvalue weighted by Crippen LogP contribution is -2.48. The highest BCUT2D eigenvalue weighted by atomic mass is 28.4. The average molecular weight is 629 g/mol. The standard InChI is InChI=1S/C36H44N2O6Si/c1-25-30(43-33(38-23-22-31(39)37-34(38)40)32(25)44-45(6,7)35(2,3)4)24-42-36(26-14-10-8-11-15-26,27-16-12-9-13-17-27)28-18-20-29(41-5)21-19-28/h8-23,25,30,32-33H,24H2,1-7H3,(H,37,39,40)/t25-,30-,32-,33-/m1/s1. The molecule has 1 aromatic heterocycles. The summed E-state index contributed by atoms with van der Waals surface area (Å²) in [6, 6.07) is 29.6. The molecule has 5 rings (SSSR count). The molecule has 45 heavy (non-hydrogen) atoms. The molecule has 0 bridgehead atoms. The van der Waals surface area contributed by atoms with Gasteiger partial charge < -0.3 is 18.6 Å². The molecule has 1 aliphatic heterocycles. The first-order chi connectivity index (χ1) is 21.4. The number of rotatable bonds is 10. The Morgan fingerprint density at radius 3 is 1.91 bits per heavy atom. The molecule has 0 unspecified atom stereocenters. The monoisotopic (exact) mass is 628 g/mol. The van der Waals surface area contributed by atoms with Crippen LogP contribution in [-0.4, -0.2) is 43.8 Å². The third-order valence-electron chi connectivity index (χ3n) is 9.38. The van der Waals surface area contributed by atoms with Crippen LogP contribution in [0.4, 0.5) is 0 Å². The number of ether oxygens (including phenoxy) is 3. The zero-order valence-electron chi connectivity index (χ0n) is 27.2. The van der Waals surface area contributed by atoms with Gasteiger partial charge >= 0.3 is 5.69 Å². The van der Waals surface area contributed by atoms with Crippen LogP contribution in [0.3, 0.4) is 0 Å². The molecule has 0 amide bonds. The number of nitrogens with zero attached hydrogens (tertiary/aromatic N) is 1. The van der Waals surface area contributed by atoms with Gasteiger partial charge in [0.15, 0.2) is 14.5 Å². The molecule has 0 saturated carbocycles. The number of hydrogen-bond donors (Lipinski definition) is 1. The zero-order valence-corrected chi connectivity index (χ0v) is 28.2. The first kappa shape index (κ1) is 32.6.